The molecule has 6 rings (SSSR count). The molecule has 1 aromatic heterocycles. The van der Waals surface area contributed by atoms with E-state index in [1.54, 1.807) is 40.1 Å². The zero-order valence-corrected chi connectivity index (χ0v) is 31.9. The van der Waals surface area contributed by atoms with Gasteiger partial charge in [-0.1, -0.05) is 13.3 Å². The summed E-state index contributed by atoms with van der Waals surface area (Å²) in [5.74, 6) is -2.23. The average molecular weight is 758 g/mol. The Hall–Kier alpha value is -3.82. The molecule has 0 bridgehead atoms. The molecular weight excluding hydrogens is 706 g/mol. The van der Waals surface area contributed by atoms with Gasteiger partial charge in [0.25, 0.3) is 0 Å². The Morgan fingerprint density at radius 3 is 2.45 bits per heavy atom. The number of carbonyl (C=O) groups is 4. The van der Waals surface area contributed by atoms with E-state index >= 15 is 0 Å². The first-order chi connectivity index (χ1) is 25.1. The minimum atomic E-state index is -4.35. The van der Waals surface area contributed by atoms with Crippen molar-refractivity contribution in [3.63, 3.8) is 0 Å². The van der Waals surface area contributed by atoms with Gasteiger partial charge in [0.1, 0.15) is 17.5 Å². The lowest BCUT2D eigenvalue weighted by molar-refractivity contribution is -0.160. The van der Waals surface area contributed by atoms with Crippen LogP contribution in [0.15, 0.2) is 30.5 Å². The van der Waals surface area contributed by atoms with Gasteiger partial charge in [-0.15, -0.1) is 0 Å². The highest BCUT2D eigenvalue weighted by molar-refractivity contribution is 7.85. The third kappa shape index (κ3) is 9.29. The summed E-state index contributed by atoms with van der Waals surface area (Å²) >= 11 is 0. The van der Waals surface area contributed by atoms with Gasteiger partial charge in [0.05, 0.1) is 43.6 Å². The highest BCUT2D eigenvalue weighted by atomic mass is 32.2. The number of fused-ring (bicyclic) bond motifs is 1. The van der Waals surface area contributed by atoms with Crippen LogP contribution in [0.4, 0.5) is 0 Å². The number of aromatic nitrogens is 1. The summed E-state index contributed by atoms with van der Waals surface area (Å²) in [6, 6.07) is 6.32. The molecule has 0 spiro atoms. The van der Waals surface area contributed by atoms with E-state index in [1.165, 1.54) is 4.90 Å². The van der Waals surface area contributed by atoms with E-state index in [1.807, 2.05) is 25.1 Å². The second-order valence-electron chi connectivity index (χ2n) is 15.8. The number of hydrogen-bond donors (Lipinski definition) is 1. The van der Waals surface area contributed by atoms with E-state index in [0.717, 1.165) is 10.8 Å². The first kappa shape index (κ1) is 38.9. The molecule has 290 valence electrons. The summed E-state index contributed by atoms with van der Waals surface area (Å²) in [4.78, 5) is 62.0. The third-order valence-electron chi connectivity index (χ3n) is 10.8. The lowest BCUT2D eigenvalue weighted by Gasteiger charge is -2.34. The number of carbonyl (C=O) groups excluding carboxylic acids is 4. The van der Waals surface area contributed by atoms with E-state index in [0.29, 0.717) is 63.4 Å². The van der Waals surface area contributed by atoms with Crippen LogP contribution < -0.4 is 14.2 Å². The third-order valence-corrected chi connectivity index (χ3v) is 11.7. The molecule has 1 aromatic carbocycles. The van der Waals surface area contributed by atoms with Crippen molar-refractivity contribution in [3.8, 4) is 11.6 Å². The zero-order chi connectivity index (χ0) is 38.1. The molecule has 4 fully saturated rings. The summed E-state index contributed by atoms with van der Waals surface area (Å²) in [6.45, 7) is 8.11. The van der Waals surface area contributed by atoms with Crippen LogP contribution in [0.1, 0.15) is 85.5 Å². The summed E-state index contributed by atoms with van der Waals surface area (Å²) < 4.78 is 55.4. The maximum absolute atomic E-state index is 14.7. The van der Waals surface area contributed by atoms with Crippen molar-refractivity contribution >= 4 is 44.6 Å². The van der Waals surface area contributed by atoms with E-state index in [4.69, 9.17) is 23.1 Å². The predicted octanol–water partition coefficient (Wildman–Crippen LogP) is 4.28. The number of pyridine rings is 1. The maximum atomic E-state index is 14.7. The quantitative estimate of drug-likeness (QED) is 0.256. The highest BCUT2D eigenvalue weighted by Gasteiger charge is 2.61. The van der Waals surface area contributed by atoms with Crippen molar-refractivity contribution < 1.29 is 50.7 Å². The molecule has 3 heterocycles. The lowest BCUT2D eigenvalue weighted by Crippen LogP contribution is -2.48. The van der Waals surface area contributed by atoms with Crippen LogP contribution in [0.3, 0.4) is 0 Å². The normalized spacial score (nSPS) is 25.5. The molecule has 2 saturated carbocycles. The van der Waals surface area contributed by atoms with Gasteiger partial charge in [-0.05, 0) is 94.4 Å². The van der Waals surface area contributed by atoms with E-state index in [2.05, 4.69) is 9.71 Å². The van der Waals surface area contributed by atoms with Crippen LogP contribution in [0.25, 0.3) is 10.8 Å². The SMILES string of the molecule is CC[C@@H]1C[C@]1(CC(=O)[C@@H]1C[C@@H](Oc2nccc3cc(OC)ccc23)CN1C(=O)[C@@H](CC(=O)OC(C)(C)C)C1CCOCC1)C(=O)NS(=O)(=O)OC1CC1. The van der Waals surface area contributed by atoms with Crippen molar-refractivity contribution in [2.24, 2.45) is 23.2 Å². The summed E-state index contributed by atoms with van der Waals surface area (Å²) in [7, 11) is -2.77. The minimum Gasteiger partial charge on any atom is -0.497 e. The molecule has 2 saturated heterocycles. The van der Waals surface area contributed by atoms with E-state index in [9.17, 15) is 27.6 Å². The van der Waals surface area contributed by atoms with E-state index in [-0.39, 0.29) is 49.3 Å². The van der Waals surface area contributed by atoms with Gasteiger partial charge >= 0.3 is 16.3 Å². The number of methoxy groups -OCH3 is 1. The average Bonchev–Trinajstić information content (AvgIpc) is 4.02. The maximum Gasteiger partial charge on any atom is 0.362 e. The number of likely N-dealkylation sites (tertiary alicyclic amines) is 1. The molecule has 4 aliphatic rings. The molecular formula is C38H51N3O11S. The Balaban J connectivity index is 1.28. The molecule has 0 radical (unpaired) electrons. The molecule has 2 aliphatic carbocycles. The van der Waals surface area contributed by atoms with Gasteiger partial charge in [0.15, 0.2) is 5.78 Å². The van der Waals surface area contributed by atoms with Crippen molar-refractivity contribution in [3.05, 3.63) is 30.5 Å². The van der Waals surface area contributed by atoms with Gasteiger partial charge in [-0.25, -0.2) is 9.71 Å². The number of esters is 1. The Bertz CT molecular complexity index is 1820. The largest absolute Gasteiger partial charge is 0.497 e. The number of benzene rings is 1. The van der Waals surface area contributed by atoms with Gasteiger partial charge < -0.3 is 23.8 Å². The second kappa shape index (κ2) is 15.5. The molecule has 14 nitrogen and oxygen atoms in total. The van der Waals surface area contributed by atoms with Gasteiger partial charge in [0, 0.05) is 37.6 Å². The number of nitrogens with zero attached hydrogens (tertiary/aromatic N) is 2. The van der Waals surface area contributed by atoms with Crippen LogP contribution in [-0.2, 0) is 43.1 Å². The van der Waals surface area contributed by atoms with Crippen molar-refractivity contribution in [2.45, 2.75) is 109 Å². The van der Waals surface area contributed by atoms with Crippen LogP contribution in [-0.4, -0.2) is 92.6 Å². The smallest absolute Gasteiger partial charge is 0.362 e. The Morgan fingerprint density at radius 2 is 1.81 bits per heavy atom. The molecule has 15 heteroatoms. The van der Waals surface area contributed by atoms with Crippen LogP contribution >= 0.6 is 0 Å². The Labute approximate surface area is 310 Å². The molecule has 2 amide bonds. The molecule has 0 unspecified atom stereocenters. The van der Waals surface area contributed by atoms with Crippen LogP contribution in [0.2, 0.25) is 0 Å². The first-order valence-corrected chi connectivity index (χ1v) is 20.0. The number of nitrogens with one attached hydrogen (secondary N) is 1. The minimum absolute atomic E-state index is 0.0392. The molecule has 1 N–H and O–H groups in total. The number of ketones is 1. The Kier molecular flexibility index (Phi) is 11.4. The second-order valence-corrected chi connectivity index (χ2v) is 17.1. The van der Waals surface area contributed by atoms with Crippen LogP contribution in [0.5, 0.6) is 11.6 Å². The summed E-state index contributed by atoms with van der Waals surface area (Å²) in [5.41, 5.74) is -2.01. The van der Waals surface area contributed by atoms with Gasteiger partial charge in [-0.2, -0.15) is 8.42 Å². The fourth-order valence-electron chi connectivity index (χ4n) is 7.79. The number of amides is 2. The topological polar surface area (TPSA) is 177 Å². The molecule has 2 aromatic rings. The fraction of sp³-hybridized carbons (Fsp3) is 0.658. The molecule has 5 atom stereocenters. The highest BCUT2D eigenvalue weighted by Crippen LogP contribution is 2.58. The number of ether oxygens (including phenoxy) is 4. The first-order valence-electron chi connectivity index (χ1n) is 18.6. The van der Waals surface area contributed by atoms with Crippen molar-refractivity contribution in [2.75, 3.05) is 26.9 Å². The van der Waals surface area contributed by atoms with E-state index < -0.39 is 57.4 Å². The summed E-state index contributed by atoms with van der Waals surface area (Å²) in [5, 5.41) is 1.55. The summed E-state index contributed by atoms with van der Waals surface area (Å²) in [6.07, 6.45) is 3.39. The number of rotatable bonds is 15. The number of Topliss-reactive ketones (excluding diaryl/α,β-unsaturated/α-hetero) is 1. The standard InChI is InChI=1S/C38H51N3O11S/c1-6-25-20-38(25,36(45)40-53(46,47)52-26-7-8-26)21-32(42)31-18-28(50-34-29-10-9-27(48-5)17-24(29)11-14-39-34)22-41(31)35(44)30(23-12-15-49-16-13-23)19-33(43)51-37(2,3)4/h9-11,14,17,23,25-26,28,30-31H,6-8,12-13,15-16,18-22H2,1-5H3,(H,40,45)/t25-,28-,30+,31+,38-/m1/s1. The molecule has 53 heavy (non-hydrogen) atoms. The zero-order valence-electron chi connectivity index (χ0n) is 31.1. The van der Waals surface area contributed by atoms with Crippen molar-refractivity contribution in [1.29, 1.82) is 0 Å². The molecule has 2 aliphatic heterocycles. The van der Waals surface area contributed by atoms with Gasteiger partial charge in [-0.3, -0.25) is 23.4 Å². The fourth-order valence-corrected chi connectivity index (χ4v) is 8.82. The number of hydrogen-bond acceptors (Lipinski definition) is 12. The lowest BCUT2D eigenvalue weighted by atomic mass is 9.82. The predicted molar refractivity (Wildman–Crippen MR) is 192 cm³/mol. The van der Waals surface area contributed by atoms with Crippen LogP contribution in [0, 0.1) is 23.2 Å². The van der Waals surface area contributed by atoms with Crippen molar-refractivity contribution in [1.82, 2.24) is 14.6 Å². The monoisotopic (exact) mass is 757 g/mol. The van der Waals surface area contributed by atoms with Gasteiger partial charge in [0.2, 0.25) is 17.7 Å². The Morgan fingerprint density at radius 1 is 1.08 bits per heavy atom.